The number of fused-ring (bicyclic) bond motifs is 1. The fourth-order valence-corrected chi connectivity index (χ4v) is 3.39. The summed E-state index contributed by atoms with van der Waals surface area (Å²) in [5.41, 5.74) is 1.89. The Kier molecular flexibility index (Phi) is 5.85. The first-order valence-electron chi connectivity index (χ1n) is 10.5. The quantitative estimate of drug-likeness (QED) is 0.618. The number of nitrogens with one attached hydrogen (secondary N) is 2. The number of aromatic amines is 1. The predicted molar refractivity (Wildman–Crippen MR) is 120 cm³/mol. The molecule has 8 heteroatoms. The highest BCUT2D eigenvalue weighted by Crippen LogP contribution is 2.25. The van der Waals surface area contributed by atoms with Gasteiger partial charge in [0.15, 0.2) is 5.69 Å². The monoisotopic (exact) mass is 434 g/mol. The minimum Gasteiger partial charge on any atom is -0.457 e. The number of H-pyrrole nitrogens is 1. The number of amides is 2. The highest BCUT2D eigenvalue weighted by Gasteiger charge is 2.30. The van der Waals surface area contributed by atoms with Crippen LogP contribution in [0.1, 0.15) is 42.5 Å². The third-order valence-corrected chi connectivity index (χ3v) is 4.89. The van der Waals surface area contributed by atoms with Crippen LogP contribution in [0, 0.1) is 0 Å². The Balaban J connectivity index is 1.42. The lowest BCUT2D eigenvalue weighted by molar-refractivity contribution is 0.0222. The summed E-state index contributed by atoms with van der Waals surface area (Å²) in [6, 6.07) is 16.6. The number of para-hydroxylation sites is 1. The molecular formula is C24H26N4O4. The first-order valence-corrected chi connectivity index (χ1v) is 10.5. The third kappa shape index (κ3) is 5.08. The second-order valence-electron chi connectivity index (χ2n) is 8.57. The van der Waals surface area contributed by atoms with Crippen LogP contribution in [-0.2, 0) is 17.7 Å². The van der Waals surface area contributed by atoms with Gasteiger partial charge in [-0.05, 0) is 57.2 Å². The van der Waals surface area contributed by atoms with Gasteiger partial charge in [0.1, 0.15) is 17.1 Å². The first kappa shape index (κ1) is 21.4. The summed E-state index contributed by atoms with van der Waals surface area (Å²) in [5, 5.41) is 9.98. The third-order valence-electron chi connectivity index (χ3n) is 4.89. The van der Waals surface area contributed by atoms with E-state index in [1.807, 2.05) is 51.1 Å². The van der Waals surface area contributed by atoms with E-state index in [1.165, 1.54) is 0 Å². The molecule has 166 valence electrons. The van der Waals surface area contributed by atoms with Gasteiger partial charge in [-0.3, -0.25) is 9.89 Å². The maximum atomic E-state index is 12.9. The molecule has 0 atom stereocenters. The Labute approximate surface area is 186 Å². The lowest BCUT2D eigenvalue weighted by Crippen LogP contribution is -2.40. The van der Waals surface area contributed by atoms with Crippen LogP contribution in [-0.4, -0.2) is 39.2 Å². The van der Waals surface area contributed by atoms with E-state index in [4.69, 9.17) is 9.47 Å². The normalized spacial score (nSPS) is 13.3. The number of anilines is 1. The maximum absolute atomic E-state index is 12.9. The van der Waals surface area contributed by atoms with Crippen molar-refractivity contribution in [2.24, 2.45) is 0 Å². The Bertz CT molecular complexity index is 1100. The summed E-state index contributed by atoms with van der Waals surface area (Å²) in [5.74, 6) is 1.06. The molecule has 0 saturated heterocycles. The average molecular weight is 434 g/mol. The van der Waals surface area contributed by atoms with E-state index in [1.54, 1.807) is 29.2 Å². The number of hydrogen-bond donors (Lipinski definition) is 2. The zero-order valence-electron chi connectivity index (χ0n) is 18.3. The highest BCUT2D eigenvalue weighted by atomic mass is 16.6. The molecule has 2 heterocycles. The summed E-state index contributed by atoms with van der Waals surface area (Å²) in [7, 11) is 0. The zero-order valence-corrected chi connectivity index (χ0v) is 18.3. The number of aromatic nitrogens is 2. The van der Waals surface area contributed by atoms with Crippen molar-refractivity contribution in [3.8, 4) is 11.5 Å². The largest absolute Gasteiger partial charge is 0.457 e. The molecule has 0 bridgehead atoms. The standard InChI is InChI=1S/C24H26N4O4/c1-24(2,3)32-23(30)28-14-13-20-19(15-28)21(27-26-20)22(29)25-16-9-11-18(12-10-16)31-17-7-5-4-6-8-17/h4-12H,13-15H2,1-3H3,(H,25,29)(H,26,27). The Morgan fingerprint density at radius 1 is 1.03 bits per heavy atom. The fourth-order valence-electron chi connectivity index (χ4n) is 3.39. The molecule has 1 aromatic heterocycles. The number of hydrogen-bond acceptors (Lipinski definition) is 5. The van der Waals surface area contributed by atoms with Crippen molar-refractivity contribution in [3.05, 3.63) is 71.5 Å². The van der Waals surface area contributed by atoms with E-state index >= 15 is 0 Å². The van der Waals surface area contributed by atoms with Crippen molar-refractivity contribution in [1.29, 1.82) is 0 Å². The Morgan fingerprint density at radius 2 is 1.72 bits per heavy atom. The number of carbonyl (C=O) groups is 2. The molecular weight excluding hydrogens is 408 g/mol. The SMILES string of the molecule is CC(C)(C)OC(=O)N1CCc2[nH]nc(C(=O)Nc3ccc(Oc4ccccc4)cc3)c2C1. The van der Waals surface area contributed by atoms with Gasteiger partial charge in [0, 0.05) is 29.9 Å². The molecule has 3 aromatic rings. The molecule has 1 aliphatic rings. The van der Waals surface area contributed by atoms with Gasteiger partial charge in [-0.15, -0.1) is 0 Å². The van der Waals surface area contributed by atoms with Crippen LogP contribution in [0.3, 0.4) is 0 Å². The van der Waals surface area contributed by atoms with E-state index < -0.39 is 11.7 Å². The van der Waals surface area contributed by atoms with Crippen LogP contribution < -0.4 is 10.1 Å². The van der Waals surface area contributed by atoms with Gasteiger partial charge < -0.3 is 19.7 Å². The van der Waals surface area contributed by atoms with Crippen LogP contribution in [0.5, 0.6) is 11.5 Å². The van der Waals surface area contributed by atoms with E-state index in [-0.39, 0.29) is 18.1 Å². The van der Waals surface area contributed by atoms with Crippen molar-refractivity contribution >= 4 is 17.7 Å². The van der Waals surface area contributed by atoms with Crippen LogP contribution in [0.2, 0.25) is 0 Å². The van der Waals surface area contributed by atoms with Crippen LogP contribution in [0.25, 0.3) is 0 Å². The second kappa shape index (κ2) is 8.74. The molecule has 0 unspecified atom stereocenters. The molecule has 0 radical (unpaired) electrons. The van der Waals surface area contributed by atoms with Crippen molar-refractivity contribution in [1.82, 2.24) is 15.1 Å². The number of rotatable bonds is 4. The Hall–Kier alpha value is -3.81. The van der Waals surface area contributed by atoms with Gasteiger partial charge in [-0.2, -0.15) is 5.10 Å². The van der Waals surface area contributed by atoms with Gasteiger partial charge in [0.05, 0.1) is 6.54 Å². The maximum Gasteiger partial charge on any atom is 0.410 e. The zero-order chi connectivity index (χ0) is 22.7. The molecule has 0 aliphatic carbocycles. The predicted octanol–water partition coefficient (Wildman–Crippen LogP) is 4.75. The lowest BCUT2D eigenvalue weighted by Gasteiger charge is -2.30. The molecule has 8 nitrogen and oxygen atoms in total. The summed E-state index contributed by atoms with van der Waals surface area (Å²) < 4.78 is 11.2. The molecule has 1 aliphatic heterocycles. The molecule has 2 amide bonds. The van der Waals surface area contributed by atoms with E-state index in [2.05, 4.69) is 15.5 Å². The summed E-state index contributed by atoms with van der Waals surface area (Å²) in [6.07, 6.45) is 0.185. The van der Waals surface area contributed by atoms with Crippen molar-refractivity contribution in [2.75, 3.05) is 11.9 Å². The van der Waals surface area contributed by atoms with Gasteiger partial charge in [0.25, 0.3) is 5.91 Å². The van der Waals surface area contributed by atoms with E-state index in [0.717, 1.165) is 11.4 Å². The number of benzene rings is 2. The summed E-state index contributed by atoms with van der Waals surface area (Å²) in [4.78, 5) is 26.9. The van der Waals surface area contributed by atoms with E-state index in [0.29, 0.717) is 30.0 Å². The lowest BCUT2D eigenvalue weighted by atomic mass is 10.1. The number of nitrogens with zero attached hydrogens (tertiary/aromatic N) is 2. The Morgan fingerprint density at radius 3 is 2.41 bits per heavy atom. The number of carbonyl (C=O) groups excluding carboxylic acids is 2. The van der Waals surface area contributed by atoms with Crippen molar-refractivity contribution in [3.63, 3.8) is 0 Å². The first-order chi connectivity index (χ1) is 15.3. The van der Waals surface area contributed by atoms with Crippen LogP contribution in [0.4, 0.5) is 10.5 Å². The molecule has 0 fully saturated rings. The van der Waals surface area contributed by atoms with Crippen LogP contribution in [0.15, 0.2) is 54.6 Å². The number of ether oxygens (including phenoxy) is 2. The topological polar surface area (TPSA) is 96.5 Å². The smallest absolute Gasteiger partial charge is 0.410 e. The van der Waals surface area contributed by atoms with Crippen molar-refractivity contribution in [2.45, 2.75) is 39.3 Å². The molecule has 2 N–H and O–H groups in total. The van der Waals surface area contributed by atoms with Gasteiger partial charge in [-0.25, -0.2) is 4.79 Å². The average Bonchev–Trinajstić information content (AvgIpc) is 3.18. The fraction of sp³-hybridized carbons (Fsp3) is 0.292. The van der Waals surface area contributed by atoms with Gasteiger partial charge >= 0.3 is 6.09 Å². The van der Waals surface area contributed by atoms with Crippen LogP contribution >= 0.6 is 0 Å². The molecule has 0 spiro atoms. The minimum absolute atomic E-state index is 0.271. The molecule has 0 saturated carbocycles. The van der Waals surface area contributed by atoms with Gasteiger partial charge in [0.2, 0.25) is 0 Å². The minimum atomic E-state index is -0.579. The second-order valence-corrected chi connectivity index (χ2v) is 8.57. The van der Waals surface area contributed by atoms with E-state index in [9.17, 15) is 9.59 Å². The highest BCUT2D eigenvalue weighted by molar-refractivity contribution is 6.04. The molecule has 4 rings (SSSR count). The van der Waals surface area contributed by atoms with Crippen molar-refractivity contribution < 1.29 is 19.1 Å². The summed E-state index contributed by atoms with van der Waals surface area (Å²) >= 11 is 0. The molecule has 2 aromatic carbocycles. The summed E-state index contributed by atoms with van der Waals surface area (Å²) in [6.45, 7) is 6.26. The van der Waals surface area contributed by atoms with Gasteiger partial charge in [-0.1, -0.05) is 18.2 Å². The molecule has 32 heavy (non-hydrogen) atoms.